The Hall–Kier alpha value is -3.40. The van der Waals surface area contributed by atoms with Crippen LogP contribution in [0.4, 0.5) is 5.69 Å². The summed E-state index contributed by atoms with van der Waals surface area (Å²) in [6, 6.07) is 24.0. The van der Waals surface area contributed by atoms with Crippen molar-refractivity contribution in [3.8, 4) is 16.9 Å². The van der Waals surface area contributed by atoms with Gasteiger partial charge in [0.2, 0.25) is 5.91 Å². The molecule has 26 heavy (non-hydrogen) atoms. The number of benzene rings is 3. The van der Waals surface area contributed by atoms with Gasteiger partial charge in [-0.25, -0.2) is 4.79 Å². The van der Waals surface area contributed by atoms with Crippen LogP contribution in [0.3, 0.4) is 0 Å². The third-order valence-electron chi connectivity index (χ3n) is 3.90. The first kappa shape index (κ1) is 17.4. The summed E-state index contributed by atoms with van der Waals surface area (Å²) >= 11 is 0. The molecule has 3 aromatic carbocycles. The molecule has 0 aliphatic carbocycles. The maximum atomic E-state index is 12.3. The molecule has 0 aromatic heterocycles. The largest absolute Gasteiger partial charge is 0.423 e. The Kier molecular flexibility index (Phi) is 5.44. The van der Waals surface area contributed by atoms with Crippen LogP contribution < -0.4 is 10.1 Å². The zero-order valence-corrected chi connectivity index (χ0v) is 14.4. The molecule has 0 saturated carbocycles. The quantitative estimate of drug-likeness (QED) is 0.527. The fourth-order valence-electron chi connectivity index (χ4n) is 2.45. The molecule has 0 aliphatic heterocycles. The second-order valence-electron chi connectivity index (χ2n) is 5.76. The van der Waals surface area contributed by atoms with Crippen LogP contribution in [-0.2, 0) is 4.79 Å². The van der Waals surface area contributed by atoms with E-state index in [0.29, 0.717) is 23.4 Å². The zero-order chi connectivity index (χ0) is 18.4. The molecular formula is C22H19NO3. The molecule has 4 heteroatoms. The van der Waals surface area contributed by atoms with Gasteiger partial charge in [0, 0.05) is 12.1 Å². The van der Waals surface area contributed by atoms with Gasteiger partial charge in [-0.15, -0.1) is 0 Å². The van der Waals surface area contributed by atoms with Crippen molar-refractivity contribution in [3.63, 3.8) is 0 Å². The van der Waals surface area contributed by atoms with E-state index in [1.54, 1.807) is 43.3 Å². The Morgan fingerprint density at radius 1 is 0.808 bits per heavy atom. The fraction of sp³-hybridized carbons (Fsp3) is 0.0909. The van der Waals surface area contributed by atoms with Gasteiger partial charge in [-0.2, -0.15) is 0 Å². The summed E-state index contributed by atoms with van der Waals surface area (Å²) in [5, 5.41) is 2.75. The average Bonchev–Trinajstić information content (AvgIpc) is 2.70. The highest BCUT2D eigenvalue weighted by atomic mass is 16.5. The average molecular weight is 345 g/mol. The first-order valence-corrected chi connectivity index (χ1v) is 8.43. The molecule has 1 N–H and O–H groups in total. The van der Waals surface area contributed by atoms with E-state index in [1.807, 2.05) is 42.5 Å². The number of nitrogens with one attached hydrogen (secondary N) is 1. The van der Waals surface area contributed by atoms with Gasteiger partial charge in [0.15, 0.2) is 0 Å². The highest BCUT2D eigenvalue weighted by Crippen LogP contribution is 2.21. The number of ether oxygens (including phenoxy) is 1. The molecule has 3 aromatic rings. The van der Waals surface area contributed by atoms with E-state index >= 15 is 0 Å². The fourth-order valence-corrected chi connectivity index (χ4v) is 2.45. The van der Waals surface area contributed by atoms with Crippen LogP contribution in [0.1, 0.15) is 23.7 Å². The molecule has 0 fully saturated rings. The third-order valence-corrected chi connectivity index (χ3v) is 3.90. The summed E-state index contributed by atoms with van der Waals surface area (Å²) < 4.78 is 5.38. The molecule has 0 unspecified atom stereocenters. The molecule has 4 nitrogen and oxygen atoms in total. The standard InChI is InChI=1S/C22H19NO3/c1-2-21(24)23-19-12-14-20(15-13-19)26-22(25)18-10-8-17(9-11-18)16-6-4-3-5-7-16/h3-15H,2H2,1H3,(H,23,24). The van der Waals surface area contributed by atoms with Gasteiger partial charge in [-0.05, 0) is 47.5 Å². The van der Waals surface area contributed by atoms with Gasteiger partial charge in [0.25, 0.3) is 0 Å². The van der Waals surface area contributed by atoms with Gasteiger partial charge in [-0.3, -0.25) is 4.79 Å². The van der Waals surface area contributed by atoms with E-state index in [0.717, 1.165) is 11.1 Å². The second-order valence-corrected chi connectivity index (χ2v) is 5.76. The topological polar surface area (TPSA) is 55.4 Å². The van der Waals surface area contributed by atoms with E-state index in [1.165, 1.54) is 0 Å². The number of amides is 1. The minimum atomic E-state index is -0.421. The molecule has 0 atom stereocenters. The van der Waals surface area contributed by atoms with Gasteiger partial charge in [-0.1, -0.05) is 49.4 Å². The summed E-state index contributed by atoms with van der Waals surface area (Å²) in [6.07, 6.45) is 0.412. The molecule has 0 saturated heterocycles. The van der Waals surface area contributed by atoms with Crippen molar-refractivity contribution in [3.05, 3.63) is 84.4 Å². The summed E-state index contributed by atoms with van der Waals surface area (Å²) in [5.41, 5.74) is 3.28. The van der Waals surface area contributed by atoms with Crippen LogP contribution in [0.2, 0.25) is 0 Å². The minimum Gasteiger partial charge on any atom is -0.423 e. The Morgan fingerprint density at radius 3 is 2.04 bits per heavy atom. The highest BCUT2D eigenvalue weighted by Gasteiger charge is 2.09. The van der Waals surface area contributed by atoms with Crippen molar-refractivity contribution in [1.82, 2.24) is 0 Å². The molecule has 0 spiro atoms. The van der Waals surface area contributed by atoms with Crippen LogP contribution in [0, 0.1) is 0 Å². The van der Waals surface area contributed by atoms with E-state index in [-0.39, 0.29) is 5.91 Å². The van der Waals surface area contributed by atoms with E-state index < -0.39 is 5.97 Å². The number of hydrogen-bond acceptors (Lipinski definition) is 3. The van der Waals surface area contributed by atoms with Gasteiger partial charge < -0.3 is 10.1 Å². The summed E-state index contributed by atoms with van der Waals surface area (Å²) in [6.45, 7) is 1.79. The smallest absolute Gasteiger partial charge is 0.343 e. The van der Waals surface area contributed by atoms with Crippen molar-refractivity contribution in [2.75, 3.05) is 5.32 Å². The molecule has 130 valence electrons. The second kappa shape index (κ2) is 8.12. The molecular weight excluding hydrogens is 326 g/mol. The molecule has 1 amide bonds. The number of hydrogen-bond donors (Lipinski definition) is 1. The number of carbonyl (C=O) groups is 2. The van der Waals surface area contributed by atoms with Gasteiger partial charge in [0.1, 0.15) is 5.75 Å². The van der Waals surface area contributed by atoms with Gasteiger partial charge >= 0.3 is 5.97 Å². The lowest BCUT2D eigenvalue weighted by Gasteiger charge is -2.07. The van der Waals surface area contributed by atoms with Crippen LogP contribution in [0.15, 0.2) is 78.9 Å². The predicted molar refractivity (Wildman–Crippen MR) is 102 cm³/mol. The summed E-state index contributed by atoms with van der Waals surface area (Å²) in [5.74, 6) is -0.0557. The number of esters is 1. The Balaban J connectivity index is 1.65. The maximum absolute atomic E-state index is 12.3. The van der Waals surface area contributed by atoms with E-state index in [2.05, 4.69) is 5.32 Å². The van der Waals surface area contributed by atoms with Crippen molar-refractivity contribution < 1.29 is 14.3 Å². The number of rotatable bonds is 5. The summed E-state index contributed by atoms with van der Waals surface area (Å²) in [7, 11) is 0. The lowest BCUT2D eigenvalue weighted by molar-refractivity contribution is -0.115. The van der Waals surface area contributed by atoms with E-state index in [4.69, 9.17) is 4.74 Å². The lowest BCUT2D eigenvalue weighted by atomic mass is 10.0. The van der Waals surface area contributed by atoms with Crippen LogP contribution in [0.5, 0.6) is 5.75 Å². The Labute approximate surface area is 152 Å². The molecule has 0 bridgehead atoms. The van der Waals surface area contributed by atoms with E-state index in [9.17, 15) is 9.59 Å². The first-order chi connectivity index (χ1) is 12.7. The monoisotopic (exact) mass is 345 g/mol. The van der Waals surface area contributed by atoms with Crippen LogP contribution in [0.25, 0.3) is 11.1 Å². The minimum absolute atomic E-state index is 0.0618. The molecule has 3 rings (SSSR count). The predicted octanol–water partition coefficient (Wildman–Crippen LogP) is 4.92. The normalized spacial score (nSPS) is 10.2. The van der Waals surface area contributed by atoms with Crippen LogP contribution in [-0.4, -0.2) is 11.9 Å². The zero-order valence-electron chi connectivity index (χ0n) is 14.4. The van der Waals surface area contributed by atoms with Crippen molar-refractivity contribution in [2.45, 2.75) is 13.3 Å². The maximum Gasteiger partial charge on any atom is 0.343 e. The van der Waals surface area contributed by atoms with Crippen molar-refractivity contribution >= 4 is 17.6 Å². The van der Waals surface area contributed by atoms with Crippen LogP contribution >= 0.6 is 0 Å². The Morgan fingerprint density at radius 2 is 1.42 bits per heavy atom. The van der Waals surface area contributed by atoms with Crippen molar-refractivity contribution in [2.24, 2.45) is 0 Å². The third kappa shape index (κ3) is 4.36. The number of carbonyl (C=O) groups excluding carboxylic acids is 2. The first-order valence-electron chi connectivity index (χ1n) is 8.43. The molecule has 0 aliphatic rings. The Bertz CT molecular complexity index is 885. The molecule has 0 radical (unpaired) electrons. The summed E-state index contributed by atoms with van der Waals surface area (Å²) in [4.78, 5) is 23.6. The molecule has 0 heterocycles. The highest BCUT2D eigenvalue weighted by molar-refractivity contribution is 5.92. The number of anilines is 1. The van der Waals surface area contributed by atoms with Gasteiger partial charge in [0.05, 0.1) is 5.56 Å². The van der Waals surface area contributed by atoms with Crippen molar-refractivity contribution in [1.29, 1.82) is 0 Å². The lowest BCUT2D eigenvalue weighted by Crippen LogP contribution is -2.10. The SMILES string of the molecule is CCC(=O)Nc1ccc(OC(=O)c2ccc(-c3ccccc3)cc2)cc1.